The molecule has 0 amide bonds. The van der Waals surface area contributed by atoms with Gasteiger partial charge in [-0.1, -0.05) is 0 Å². The van der Waals surface area contributed by atoms with Crippen LogP contribution in [0.2, 0.25) is 0 Å². The molecule has 1 fully saturated rings. The number of hydrogen-bond acceptors (Lipinski definition) is 3. The standard InChI is InChI=1S/C8H15NO3/c1-2-12-6-9-5-3-4-7(9)8(10)11/h7H,2-6H2,1H3,(H,10,11). The van der Waals surface area contributed by atoms with Gasteiger partial charge in [-0.15, -0.1) is 0 Å². The number of ether oxygens (including phenoxy) is 1. The minimum Gasteiger partial charge on any atom is -0.480 e. The Hall–Kier alpha value is -0.610. The van der Waals surface area contributed by atoms with Crippen molar-refractivity contribution in [2.24, 2.45) is 0 Å². The molecule has 0 aromatic carbocycles. The molecule has 0 saturated carbocycles. The van der Waals surface area contributed by atoms with Gasteiger partial charge in [0, 0.05) is 13.2 Å². The van der Waals surface area contributed by atoms with Crippen molar-refractivity contribution in [3.63, 3.8) is 0 Å². The lowest BCUT2D eigenvalue weighted by Crippen LogP contribution is -2.37. The van der Waals surface area contributed by atoms with Gasteiger partial charge in [0.05, 0.1) is 6.73 Å². The Bertz CT molecular complexity index is 160. The van der Waals surface area contributed by atoms with Crippen molar-refractivity contribution < 1.29 is 14.6 Å². The molecule has 0 spiro atoms. The first-order chi connectivity index (χ1) is 5.75. The number of carboxylic acids is 1. The zero-order chi connectivity index (χ0) is 8.97. The second kappa shape index (κ2) is 4.42. The Kier molecular flexibility index (Phi) is 3.49. The first kappa shape index (κ1) is 9.48. The van der Waals surface area contributed by atoms with Gasteiger partial charge < -0.3 is 9.84 Å². The van der Waals surface area contributed by atoms with Crippen LogP contribution in [-0.2, 0) is 9.53 Å². The van der Waals surface area contributed by atoms with Gasteiger partial charge in [-0.05, 0) is 19.8 Å². The molecule has 4 nitrogen and oxygen atoms in total. The van der Waals surface area contributed by atoms with Crippen LogP contribution in [0.4, 0.5) is 0 Å². The molecule has 70 valence electrons. The highest BCUT2D eigenvalue weighted by atomic mass is 16.5. The Balaban J connectivity index is 2.35. The van der Waals surface area contributed by atoms with Crippen molar-refractivity contribution in [3.05, 3.63) is 0 Å². The van der Waals surface area contributed by atoms with Crippen LogP contribution in [0.5, 0.6) is 0 Å². The molecule has 1 aliphatic heterocycles. The molecule has 0 aromatic heterocycles. The van der Waals surface area contributed by atoms with E-state index >= 15 is 0 Å². The van der Waals surface area contributed by atoms with Gasteiger partial charge in [0.1, 0.15) is 6.04 Å². The molecule has 0 radical (unpaired) electrons. The van der Waals surface area contributed by atoms with Gasteiger partial charge in [0.15, 0.2) is 0 Å². The average Bonchev–Trinajstić information content (AvgIpc) is 2.48. The van der Waals surface area contributed by atoms with E-state index in [4.69, 9.17) is 9.84 Å². The third-order valence-electron chi connectivity index (χ3n) is 2.11. The average molecular weight is 173 g/mol. The summed E-state index contributed by atoms with van der Waals surface area (Å²) in [5, 5.41) is 8.79. The van der Waals surface area contributed by atoms with Crippen molar-refractivity contribution in [2.75, 3.05) is 19.9 Å². The summed E-state index contributed by atoms with van der Waals surface area (Å²) >= 11 is 0. The molecule has 1 rings (SSSR count). The van der Waals surface area contributed by atoms with E-state index in [1.54, 1.807) is 0 Å². The van der Waals surface area contributed by atoms with E-state index in [1.807, 2.05) is 11.8 Å². The Morgan fingerprint density at radius 2 is 2.50 bits per heavy atom. The van der Waals surface area contributed by atoms with Gasteiger partial charge in [-0.3, -0.25) is 9.69 Å². The number of nitrogens with zero attached hydrogens (tertiary/aromatic N) is 1. The molecule has 0 bridgehead atoms. The van der Waals surface area contributed by atoms with Crippen LogP contribution < -0.4 is 0 Å². The van der Waals surface area contributed by atoms with Crippen molar-refractivity contribution in [3.8, 4) is 0 Å². The predicted octanol–water partition coefficient (Wildman–Crippen LogP) is 0.529. The SMILES string of the molecule is CCOCN1CCCC1C(=O)O. The van der Waals surface area contributed by atoms with Crippen molar-refractivity contribution in [1.29, 1.82) is 0 Å². The molecular weight excluding hydrogens is 158 g/mol. The maximum atomic E-state index is 10.7. The van der Waals surface area contributed by atoms with Crippen LogP contribution in [0.3, 0.4) is 0 Å². The van der Waals surface area contributed by atoms with Crippen LogP contribution in [-0.4, -0.2) is 41.9 Å². The molecule has 1 N–H and O–H groups in total. The first-order valence-electron chi connectivity index (χ1n) is 4.30. The maximum Gasteiger partial charge on any atom is 0.320 e. The third kappa shape index (κ3) is 2.19. The second-order valence-electron chi connectivity index (χ2n) is 2.93. The van der Waals surface area contributed by atoms with Crippen molar-refractivity contribution >= 4 is 5.97 Å². The molecule has 1 heterocycles. The van der Waals surface area contributed by atoms with Crippen LogP contribution >= 0.6 is 0 Å². The molecule has 1 unspecified atom stereocenters. The van der Waals surface area contributed by atoms with E-state index in [-0.39, 0.29) is 6.04 Å². The van der Waals surface area contributed by atoms with E-state index in [2.05, 4.69) is 0 Å². The van der Waals surface area contributed by atoms with Gasteiger partial charge in [0.25, 0.3) is 0 Å². The smallest absolute Gasteiger partial charge is 0.320 e. The quantitative estimate of drug-likeness (QED) is 0.673. The molecular formula is C8H15NO3. The van der Waals surface area contributed by atoms with Crippen LogP contribution in [0, 0.1) is 0 Å². The zero-order valence-corrected chi connectivity index (χ0v) is 7.32. The topological polar surface area (TPSA) is 49.8 Å². The number of carbonyl (C=O) groups is 1. The largest absolute Gasteiger partial charge is 0.480 e. The molecule has 1 saturated heterocycles. The third-order valence-corrected chi connectivity index (χ3v) is 2.11. The lowest BCUT2D eigenvalue weighted by molar-refractivity contribution is -0.144. The van der Waals surface area contributed by atoms with Gasteiger partial charge in [0.2, 0.25) is 0 Å². The van der Waals surface area contributed by atoms with Gasteiger partial charge in [-0.25, -0.2) is 0 Å². The highest BCUT2D eigenvalue weighted by Crippen LogP contribution is 2.16. The second-order valence-corrected chi connectivity index (χ2v) is 2.93. The van der Waals surface area contributed by atoms with Crippen LogP contribution in [0.25, 0.3) is 0 Å². The Labute approximate surface area is 72.1 Å². The molecule has 1 aliphatic rings. The highest BCUT2D eigenvalue weighted by Gasteiger charge is 2.29. The Morgan fingerprint density at radius 3 is 3.08 bits per heavy atom. The van der Waals surface area contributed by atoms with E-state index in [1.165, 1.54) is 0 Å². The van der Waals surface area contributed by atoms with Crippen molar-refractivity contribution in [1.82, 2.24) is 4.90 Å². The van der Waals surface area contributed by atoms with Crippen molar-refractivity contribution in [2.45, 2.75) is 25.8 Å². The summed E-state index contributed by atoms with van der Waals surface area (Å²) in [6.45, 7) is 3.85. The van der Waals surface area contributed by atoms with Gasteiger partial charge >= 0.3 is 5.97 Å². The fourth-order valence-electron chi connectivity index (χ4n) is 1.47. The number of aliphatic carboxylic acids is 1. The number of hydrogen-bond donors (Lipinski definition) is 1. The monoisotopic (exact) mass is 173 g/mol. The maximum absolute atomic E-state index is 10.7. The summed E-state index contributed by atoms with van der Waals surface area (Å²) in [6.07, 6.45) is 1.71. The minimum atomic E-state index is -0.729. The number of carboxylic acid groups (broad SMARTS) is 1. The summed E-state index contributed by atoms with van der Waals surface area (Å²) in [5.41, 5.74) is 0. The number of rotatable bonds is 4. The van der Waals surface area contributed by atoms with Crippen LogP contribution in [0.1, 0.15) is 19.8 Å². The fraction of sp³-hybridized carbons (Fsp3) is 0.875. The normalized spacial score (nSPS) is 24.6. The lowest BCUT2D eigenvalue weighted by atomic mass is 10.2. The first-order valence-corrected chi connectivity index (χ1v) is 4.30. The number of likely N-dealkylation sites (tertiary alicyclic amines) is 1. The Morgan fingerprint density at radius 1 is 1.75 bits per heavy atom. The van der Waals surface area contributed by atoms with Crippen LogP contribution in [0.15, 0.2) is 0 Å². The fourth-order valence-corrected chi connectivity index (χ4v) is 1.47. The summed E-state index contributed by atoms with van der Waals surface area (Å²) in [7, 11) is 0. The molecule has 0 aliphatic carbocycles. The molecule has 12 heavy (non-hydrogen) atoms. The van der Waals surface area contributed by atoms with E-state index in [9.17, 15) is 4.79 Å². The van der Waals surface area contributed by atoms with Gasteiger partial charge in [-0.2, -0.15) is 0 Å². The summed E-state index contributed by atoms with van der Waals surface area (Å²) in [5.74, 6) is -0.729. The summed E-state index contributed by atoms with van der Waals surface area (Å²) in [4.78, 5) is 12.5. The zero-order valence-electron chi connectivity index (χ0n) is 7.32. The molecule has 1 atom stereocenters. The van der Waals surface area contributed by atoms with E-state index < -0.39 is 5.97 Å². The predicted molar refractivity (Wildman–Crippen MR) is 43.9 cm³/mol. The molecule has 0 aromatic rings. The molecule has 4 heteroatoms. The summed E-state index contributed by atoms with van der Waals surface area (Å²) in [6, 6.07) is -0.323. The summed E-state index contributed by atoms with van der Waals surface area (Å²) < 4.78 is 5.16. The lowest BCUT2D eigenvalue weighted by Gasteiger charge is -2.19. The highest BCUT2D eigenvalue weighted by molar-refractivity contribution is 5.73. The van der Waals surface area contributed by atoms with E-state index in [0.29, 0.717) is 13.3 Å². The minimum absolute atomic E-state index is 0.323. The van der Waals surface area contributed by atoms with E-state index in [0.717, 1.165) is 19.4 Å².